The molecule has 1 atom stereocenters. The van der Waals surface area contributed by atoms with E-state index in [0.29, 0.717) is 24.8 Å². The van der Waals surface area contributed by atoms with Crippen LogP contribution < -0.4 is 5.32 Å². The Hall–Kier alpha value is -3.42. The van der Waals surface area contributed by atoms with E-state index in [1.54, 1.807) is 0 Å². The number of thioether (sulfide) groups is 1. The molecule has 7 heteroatoms. The molecule has 0 radical (unpaired) electrons. The van der Waals surface area contributed by atoms with Crippen LogP contribution in [-0.4, -0.2) is 34.0 Å². The topological polar surface area (TPSA) is 71.3 Å². The zero-order chi connectivity index (χ0) is 24.7. The fourth-order valence-electron chi connectivity index (χ4n) is 4.50. The molecule has 0 saturated carbocycles. The molecule has 0 spiro atoms. The van der Waals surface area contributed by atoms with Crippen LogP contribution >= 0.6 is 11.8 Å². The van der Waals surface area contributed by atoms with Gasteiger partial charge in [0.15, 0.2) is 0 Å². The number of hydrogen-bond donors (Lipinski definition) is 1. The third-order valence-corrected chi connectivity index (χ3v) is 7.52. The number of anilines is 1. The van der Waals surface area contributed by atoms with Gasteiger partial charge in [0, 0.05) is 28.4 Å². The van der Waals surface area contributed by atoms with Gasteiger partial charge in [0.1, 0.15) is 0 Å². The summed E-state index contributed by atoms with van der Waals surface area (Å²) in [6.45, 7) is 4.20. The third-order valence-electron chi connectivity index (χ3n) is 6.43. The van der Waals surface area contributed by atoms with Gasteiger partial charge in [-0.05, 0) is 55.6 Å². The number of carbonyl (C=O) groups excluding carboxylic acids is 1. The molecule has 0 aliphatic carbocycles. The van der Waals surface area contributed by atoms with Gasteiger partial charge in [0.25, 0.3) is 0 Å². The van der Waals surface area contributed by atoms with E-state index in [4.69, 9.17) is 4.52 Å². The molecular weight excluding hydrogens is 468 g/mol. The largest absolute Gasteiger partial charge is 0.338 e. The Kier molecular flexibility index (Phi) is 7.79. The van der Waals surface area contributed by atoms with Crippen molar-refractivity contribution in [2.75, 3.05) is 18.4 Å². The van der Waals surface area contributed by atoms with E-state index in [2.05, 4.69) is 63.7 Å². The maximum Gasteiger partial charge on any atom is 0.241 e. The molecule has 1 aliphatic heterocycles. The van der Waals surface area contributed by atoms with Gasteiger partial charge in [0.2, 0.25) is 17.6 Å². The number of likely N-dealkylation sites (tertiary alicyclic amines) is 1. The molecule has 1 aliphatic rings. The highest BCUT2D eigenvalue weighted by molar-refractivity contribution is 7.98. The van der Waals surface area contributed by atoms with Crippen molar-refractivity contribution >= 4 is 23.4 Å². The average Bonchev–Trinajstić information content (AvgIpc) is 3.38. The molecule has 5 rings (SSSR count). The second-order valence-electron chi connectivity index (χ2n) is 9.19. The summed E-state index contributed by atoms with van der Waals surface area (Å²) >= 11 is 1.82. The van der Waals surface area contributed by atoms with Crippen LogP contribution in [0.3, 0.4) is 0 Å². The summed E-state index contributed by atoms with van der Waals surface area (Å²) in [5.74, 6) is 2.08. The molecule has 1 N–H and O–H groups in total. The summed E-state index contributed by atoms with van der Waals surface area (Å²) in [5, 5.41) is 7.28. The number of piperidine rings is 1. The number of nitrogens with one attached hydrogen (secondary N) is 1. The van der Waals surface area contributed by atoms with E-state index in [1.165, 1.54) is 10.5 Å². The van der Waals surface area contributed by atoms with Crippen molar-refractivity contribution in [3.63, 3.8) is 0 Å². The van der Waals surface area contributed by atoms with E-state index in [-0.39, 0.29) is 11.8 Å². The van der Waals surface area contributed by atoms with Gasteiger partial charge in [-0.15, -0.1) is 11.8 Å². The van der Waals surface area contributed by atoms with Crippen molar-refractivity contribution in [2.24, 2.45) is 5.92 Å². The Morgan fingerprint density at radius 3 is 2.64 bits per heavy atom. The van der Waals surface area contributed by atoms with Crippen molar-refractivity contribution in [1.29, 1.82) is 0 Å². The number of aryl methyl sites for hydroxylation is 1. The summed E-state index contributed by atoms with van der Waals surface area (Å²) in [4.78, 5) is 21.1. The highest BCUT2D eigenvalue weighted by Crippen LogP contribution is 2.26. The first kappa shape index (κ1) is 24.3. The molecule has 1 unspecified atom stereocenters. The summed E-state index contributed by atoms with van der Waals surface area (Å²) in [6, 6.07) is 26.5. The van der Waals surface area contributed by atoms with Gasteiger partial charge >= 0.3 is 0 Å². The lowest BCUT2D eigenvalue weighted by Crippen LogP contribution is -2.40. The predicted molar refractivity (Wildman–Crippen MR) is 144 cm³/mol. The molecule has 1 fully saturated rings. The number of rotatable bonds is 8. The second kappa shape index (κ2) is 11.5. The number of hydrogen-bond acceptors (Lipinski definition) is 6. The van der Waals surface area contributed by atoms with E-state index < -0.39 is 0 Å². The Labute approximate surface area is 216 Å². The molecule has 4 aromatic rings. The molecular formula is C29H30N4O2S. The molecule has 0 bridgehead atoms. The highest BCUT2D eigenvalue weighted by atomic mass is 32.2. The smallest absolute Gasteiger partial charge is 0.241 e. The van der Waals surface area contributed by atoms with Gasteiger partial charge in [-0.2, -0.15) is 4.98 Å². The van der Waals surface area contributed by atoms with Crippen LogP contribution in [0.2, 0.25) is 0 Å². The van der Waals surface area contributed by atoms with Crippen LogP contribution in [0.5, 0.6) is 0 Å². The lowest BCUT2D eigenvalue weighted by molar-refractivity contribution is -0.121. The normalized spacial score (nSPS) is 16.1. The predicted octanol–water partition coefficient (Wildman–Crippen LogP) is 6.19. The Morgan fingerprint density at radius 1 is 1.08 bits per heavy atom. The van der Waals surface area contributed by atoms with Crippen LogP contribution in [0.1, 0.15) is 29.9 Å². The van der Waals surface area contributed by atoms with Gasteiger partial charge in [0.05, 0.1) is 12.5 Å². The maximum absolute atomic E-state index is 13.1. The molecule has 3 aromatic carbocycles. The quantitative estimate of drug-likeness (QED) is 0.292. The fraction of sp³-hybridized carbons (Fsp3) is 0.276. The SMILES string of the molecule is Cc1cc(CSc2ccccc2)ccc1NC(=O)C1CCCN(Cc2nc(-c3ccccc3)no2)C1. The van der Waals surface area contributed by atoms with Crippen LogP contribution in [-0.2, 0) is 17.1 Å². The van der Waals surface area contributed by atoms with Gasteiger partial charge < -0.3 is 9.84 Å². The molecule has 1 amide bonds. The first-order valence-corrected chi connectivity index (χ1v) is 13.3. The zero-order valence-electron chi connectivity index (χ0n) is 20.4. The fourth-order valence-corrected chi connectivity index (χ4v) is 5.36. The summed E-state index contributed by atoms with van der Waals surface area (Å²) in [7, 11) is 0. The standard InChI is InChI=1S/C29H30N4O2S/c1-21-17-22(20-36-25-12-6-3-7-13-25)14-15-26(21)30-29(34)24-11-8-16-33(18-24)19-27-31-28(32-35-27)23-9-4-2-5-10-23/h2-7,9-10,12-15,17,24H,8,11,16,18-20H2,1H3,(H,30,34). The number of amides is 1. The van der Waals surface area contributed by atoms with E-state index in [9.17, 15) is 4.79 Å². The number of aromatic nitrogens is 2. The Bertz CT molecular complexity index is 1290. The average molecular weight is 499 g/mol. The summed E-state index contributed by atoms with van der Waals surface area (Å²) in [6.07, 6.45) is 1.85. The minimum Gasteiger partial charge on any atom is -0.338 e. The maximum atomic E-state index is 13.1. The monoisotopic (exact) mass is 498 g/mol. The van der Waals surface area contributed by atoms with Gasteiger partial charge in [-0.25, -0.2) is 0 Å². The minimum atomic E-state index is -0.0667. The highest BCUT2D eigenvalue weighted by Gasteiger charge is 2.27. The molecule has 36 heavy (non-hydrogen) atoms. The van der Waals surface area contributed by atoms with Crippen LogP contribution in [0, 0.1) is 12.8 Å². The van der Waals surface area contributed by atoms with Gasteiger partial charge in [-0.1, -0.05) is 65.8 Å². The molecule has 2 heterocycles. The molecule has 6 nitrogen and oxygen atoms in total. The van der Waals surface area contributed by atoms with Gasteiger partial charge in [-0.3, -0.25) is 9.69 Å². The second-order valence-corrected chi connectivity index (χ2v) is 10.2. The first-order valence-electron chi connectivity index (χ1n) is 12.3. The van der Waals surface area contributed by atoms with E-state index in [1.807, 2.05) is 54.2 Å². The van der Waals surface area contributed by atoms with Crippen molar-refractivity contribution in [2.45, 2.75) is 37.0 Å². The molecule has 1 saturated heterocycles. The minimum absolute atomic E-state index is 0.0667. The van der Waals surface area contributed by atoms with Crippen LogP contribution in [0.15, 0.2) is 88.3 Å². The van der Waals surface area contributed by atoms with Crippen LogP contribution in [0.25, 0.3) is 11.4 Å². The number of nitrogens with zero attached hydrogens (tertiary/aromatic N) is 3. The zero-order valence-corrected chi connectivity index (χ0v) is 21.2. The number of benzene rings is 3. The van der Waals surface area contributed by atoms with Crippen molar-refractivity contribution < 1.29 is 9.32 Å². The Morgan fingerprint density at radius 2 is 1.86 bits per heavy atom. The van der Waals surface area contributed by atoms with Crippen molar-refractivity contribution in [3.05, 3.63) is 95.9 Å². The summed E-state index contributed by atoms with van der Waals surface area (Å²) in [5.41, 5.74) is 4.15. The van der Waals surface area contributed by atoms with Crippen LogP contribution in [0.4, 0.5) is 5.69 Å². The molecule has 1 aromatic heterocycles. The summed E-state index contributed by atoms with van der Waals surface area (Å²) < 4.78 is 5.48. The lowest BCUT2D eigenvalue weighted by atomic mass is 9.96. The number of carbonyl (C=O) groups is 1. The van der Waals surface area contributed by atoms with Crippen molar-refractivity contribution in [1.82, 2.24) is 15.0 Å². The Balaban J connectivity index is 1.15. The third kappa shape index (κ3) is 6.22. The van der Waals surface area contributed by atoms with E-state index >= 15 is 0 Å². The molecule has 184 valence electrons. The van der Waals surface area contributed by atoms with E-state index in [0.717, 1.165) is 42.0 Å². The lowest BCUT2D eigenvalue weighted by Gasteiger charge is -2.31. The van der Waals surface area contributed by atoms with Crippen molar-refractivity contribution in [3.8, 4) is 11.4 Å². The first-order chi connectivity index (χ1) is 17.6.